The summed E-state index contributed by atoms with van der Waals surface area (Å²) >= 11 is 0. The molecule has 0 unspecified atom stereocenters. The summed E-state index contributed by atoms with van der Waals surface area (Å²) in [6.45, 7) is 20.8. The van der Waals surface area contributed by atoms with Crippen LogP contribution in [-0.2, 0) is 44.7 Å². The highest BCUT2D eigenvalue weighted by Crippen LogP contribution is 2.38. The Hall–Kier alpha value is -3.09. The molecule has 10 nitrogen and oxygen atoms in total. The second-order valence-electron chi connectivity index (χ2n) is 14.9. The Morgan fingerprint density at radius 3 is 1.64 bits per heavy atom. The number of carbonyl (C=O) groups is 1. The zero-order valence-electron chi connectivity index (χ0n) is 31.4. The van der Waals surface area contributed by atoms with Crippen LogP contribution in [0.2, 0.25) is 0 Å². The Morgan fingerprint density at radius 2 is 1.18 bits per heavy atom. The van der Waals surface area contributed by atoms with Gasteiger partial charge in [-0.25, -0.2) is 12.4 Å². The third-order valence-electron chi connectivity index (χ3n) is 10.6. The minimum absolute atomic E-state index is 0.209. The minimum Gasteiger partial charge on any atom is -0.469 e. The van der Waals surface area contributed by atoms with Crippen molar-refractivity contribution in [1.29, 1.82) is 0 Å². The van der Waals surface area contributed by atoms with Crippen molar-refractivity contribution in [2.45, 2.75) is 123 Å². The number of hydrogen-bond donors (Lipinski definition) is 0. The van der Waals surface area contributed by atoms with Gasteiger partial charge in [-0.1, -0.05) is 38.1 Å². The quantitative estimate of drug-likeness (QED) is 0.175. The third-order valence-corrected chi connectivity index (χ3v) is 12.8. The number of nitrogens with zero attached hydrogens (tertiary/aromatic N) is 2. The number of aromatic nitrogens is 2. The molecule has 0 bridgehead atoms. The van der Waals surface area contributed by atoms with Gasteiger partial charge in [-0.15, -0.1) is 0 Å². The van der Waals surface area contributed by atoms with Crippen LogP contribution >= 0.6 is 0 Å². The van der Waals surface area contributed by atoms with Crippen molar-refractivity contribution in [3.63, 3.8) is 0 Å². The van der Waals surface area contributed by atoms with Crippen molar-refractivity contribution in [2.75, 3.05) is 7.11 Å². The summed E-state index contributed by atoms with van der Waals surface area (Å²) in [6.07, 6.45) is 5.48. The van der Waals surface area contributed by atoms with Gasteiger partial charge in [0.2, 0.25) is 10.0 Å². The summed E-state index contributed by atoms with van der Waals surface area (Å²) < 4.78 is 58.0. The lowest BCUT2D eigenvalue weighted by molar-refractivity contribution is -0.140. The van der Waals surface area contributed by atoms with Gasteiger partial charge >= 0.3 is 20.2 Å². The van der Waals surface area contributed by atoms with E-state index >= 15 is 0 Å². The molecule has 4 heterocycles. The molecule has 3 fully saturated rings. The Morgan fingerprint density at radius 1 is 0.740 bits per heavy atom. The number of hydrogen-bond acceptors (Lipinski definition) is 8. The van der Waals surface area contributed by atoms with Crippen molar-refractivity contribution >= 4 is 63.0 Å². The van der Waals surface area contributed by atoms with Gasteiger partial charge in [0.05, 0.1) is 46.7 Å². The summed E-state index contributed by atoms with van der Waals surface area (Å²) in [5.41, 5.74) is 2.05. The molecule has 13 heteroatoms. The van der Waals surface area contributed by atoms with E-state index in [0.29, 0.717) is 18.5 Å². The van der Waals surface area contributed by atoms with E-state index in [1.165, 1.54) is 11.1 Å². The molecule has 3 aliphatic rings. The number of aryl methyl sites for hydroxylation is 1. The monoisotopic (exact) mass is 706 g/mol. The molecule has 0 N–H and O–H groups in total. The van der Waals surface area contributed by atoms with Crippen LogP contribution in [0.5, 0.6) is 0 Å². The molecule has 4 aromatic rings. The van der Waals surface area contributed by atoms with Crippen LogP contribution < -0.4 is 10.9 Å². The van der Waals surface area contributed by atoms with Gasteiger partial charge in [0.15, 0.2) is 0 Å². The summed E-state index contributed by atoms with van der Waals surface area (Å²) in [4.78, 5) is 11.4. The Balaban J connectivity index is 0.000000185. The topological polar surface area (TPSA) is 107 Å². The lowest BCUT2D eigenvalue weighted by atomic mass is 9.77. The van der Waals surface area contributed by atoms with Gasteiger partial charge in [0, 0.05) is 29.8 Å². The molecule has 0 amide bonds. The Labute approximate surface area is 298 Å². The molecule has 1 aliphatic carbocycles. The van der Waals surface area contributed by atoms with Gasteiger partial charge < -0.3 is 27.9 Å². The molecule has 2 aromatic carbocycles. The number of benzene rings is 2. The summed E-state index contributed by atoms with van der Waals surface area (Å²) in [6, 6.07) is 15.6. The van der Waals surface area contributed by atoms with Gasteiger partial charge in [0.1, 0.15) is 0 Å². The molecule has 0 radical (unpaired) electrons. The maximum atomic E-state index is 12.6. The van der Waals surface area contributed by atoms with Crippen molar-refractivity contribution in [1.82, 2.24) is 8.54 Å². The predicted molar refractivity (Wildman–Crippen MR) is 201 cm³/mol. The smallest absolute Gasteiger partial charge is 0.469 e. The van der Waals surface area contributed by atoms with Crippen molar-refractivity contribution in [2.24, 2.45) is 0 Å². The molecule has 7 rings (SSSR count). The zero-order valence-corrected chi connectivity index (χ0v) is 32.2. The first kappa shape index (κ1) is 38.1. The molecule has 2 aromatic heterocycles. The van der Waals surface area contributed by atoms with E-state index in [2.05, 4.69) is 32.3 Å². The Bertz CT molecular complexity index is 1930. The molecule has 0 spiro atoms. The molecule has 270 valence electrons. The van der Waals surface area contributed by atoms with E-state index in [9.17, 15) is 13.2 Å². The van der Waals surface area contributed by atoms with Gasteiger partial charge in [-0.3, -0.25) is 4.79 Å². The van der Waals surface area contributed by atoms with Gasteiger partial charge in [0.25, 0.3) is 0 Å². The van der Waals surface area contributed by atoms with Crippen LogP contribution in [0.15, 0.2) is 60.9 Å². The van der Waals surface area contributed by atoms with Crippen molar-refractivity contribution in [3.05, 3.63) is 60.9 Å². The maximum Gasteiger partial charge on any atom is 0.495 e. The van der Waals surface area contributed by atoms with Crippen LogP contribution in [0.1, 0.15) is 88.5 Å². The molecule has 50 heavy (non-hydrogen) atoms. The zero-order chi connectivity index (χ0) is 36.9. The Kier molecular flexibility index (Phi) is 10.5. The van der Waals surface area contributed by atoms with Gasteiger partial charge in [-0.2, -0.15) is 0 Å². The molecule has 2 aliphatic heterocycles. The van der Waals surface area contributed by atoms with E-state index in [0.717, 1.165) is 40.1 Å². The fraction of sp³-hybridized carbons (Fsp3) is 0.541. The van der Waals surface area contributed by atoms with Crippen LogP contribution in [0.25, 0.3) is 21.8 Å². The minimum atomic E-state index is -3.30. The number of methoxy groups -OCH3 is 1. The van der Waals surface area contributed by atoms with E-state index in [1.54, 1.807) is 6.20 Å². The van der Waals surface area contributed by atoms with E-state index in [-0.39, 0.29) is 22.4 Å². The third kappa shape index (κ3) is 7.04. The SMILES string of the molecule is CC.CC1(C)OB(c2cccc3c2ccn3S(=O)(=O)C2CC2)OC1(C)C.COC(=O)CCn1ccc2c(B3OC(C)(C)C(C)(C)O3)cccc21. The lowest BCUT2D eigenvalue weighted by Gasteiger charge is -2.32. The number of ether oxygens (including phenoxy) is 1. The van der Waals surface area contributed by atoms with E-state index in [1.807, 2.05) is 96.3 Å². The number of fused-ring (bicyclic) bond motifs is 2. The van der Waals surface area contributed by atoms with Crippen LogP contribution in [0.3, 0.4) is 0 Å². The highest BCUT2D eigenvalue weighted by molar-refractivity contribution is 7.91. The molecule has 2 saturated heterocycles. The number of carbonyl (C=O) groups excluding carboxylic acids is 1. The first-order chi connectivity index (χ1) is 23.4. The first-order valence-corrected chi connectivity index (χ1v) is 19.1. The van der Waals surface area contributed by atoms with Crippen LogP contribution in [-0.4, -0.2) is 71.9 Å². The van der Waals surface area contributed by atoms with Crippen molar-refractivity contribution in [3.8, 4) is 0 Å². The average molecular weight is 707 g/mol. The molecule has 0 atom stereocenters. The largest absolute Gasteiger partial charge is 0.495 e. The average Bonchev–Trinajstić information content (AvgIpc) is 3.55. The fourth-order valence-electron chi connectivity index (χ4n) is 6.02. The van der Waals surface area contributed by atoms with Crippen LogP contribution in [0.4, 0.5) is 0 Å². The number of esters is 1. The van der Waals surface area contributed by atoms with Crippen LogP contribution in [0, 0.1) is 0 Å². The van der Waals surface area contributed by atoms with Crippen molar-refractivity contribution < 1.29 is 36.6 Å². The lowest BCUT2D eigenvalue weighted by Crippen LogP contribution is -2.41. The first-order valence-electron chi connectivity index (χ1n) is 17.6. The normalized spacial score (nSPS) is 20.3. The predicted octanol–water partition coefficient (Wildman–Crippen LogP) is 5.81. The maximum absolute atomic E-state index is 12.6. The summed E-state index contributed by atoms with van der Waals surface area (Å²) in [7, 11) is -2.79. The highest BCUT2D eigenvalue weighted by Gasteiger charge is 2.53. The van der Waals surface area contributed by atoms with Gasteiger partial charge in [-0.05, 0) is 109 Å². The molecular formula is C37H52B2N2O8S. The second kappa shape index (κ2) is 13.8. The second-order valence-corrected chi connectivity index (χ2v) is 17.0. The van der Waals surface area contributed by atoms with E-state index < -0.39 is 35.5 Å². The molecule has 1 saturated carbocycles. The highest BCUT2D eigenvalue weighted by atomic mass is 32.2. The van der Waals surface area contributed by atoms with E-state index in [4.69, 9.17) is 23.4 Å². The standard InChI is InChI=1S/C18H24BNO4.C17H22BNO4S.C2H6/c1-17(2)18(3,4)24-19(23-17)14-7-6-8-15-13(14)9-11-20(15)12-10-16(21)22-5;1-16(2)17(3,4)23-18(22-16)14-6-5-7-15-13(14)10-11-19(15)24(20,21)12-8-9-12;1-2/h6-9,11H,10,12H2,1-5H3;5-7,10-12H,8-9H2,1-4H3;1-2H3. The molecular weight excluding hydrogens is 654 g/mol. The number of rotatable bonds is 7. The fourth-order valence-corrected chi connectivity index (χ4v) is 7.74. The summed E-state index contributed by atoms with van der Waals surface area (Å²) in [5.74, 6) is -0.209. The summed E-state index contributed by atoms with van der Waals surface area (Å²) in [5, 5.41) is 1.70.